The lowest BCUT2D eigenvalue weighted by Crippen LogP contribution is -2.41. The van der Waals surface area contributed by atoms with Crippen molar-refractivity contribution >= 4 is 0 Å². The fraction of sp³-hybridized carbons (Fsp3) is 0.625. The normalized spacial score (nSPS) is 23.6. The van der Waals surface area contributed by atoms with Gasteiger partial charge in [0.2, 0.25) is 0 Å². The molecule has 0 radical (unpaired) electrons. The lowest BCUT2D eigenvalue weighted by atomic mass is 9.76. The van der Waals surface area contributed by atoms with Crippen LogP contribution in [0.15, 0.2) is 30.3 Å². The molecule has 0 spiro atoms. The second-order valence-corrected chi connectivity index (χ2v) is 5.63. The van der Waals surface area contributed by atoms with Gasteiger partial charge < -0.3 is 10.1 Å². The zero-order valence-electron chi connectivity index (χ0n) is 11.0. The van der Waals surface area contributed by atoms with Gasteiger partial charge in [-0.2, -0.15) is 0 Å². The molecule has 1 aromatic rings. The Balaban J connectivity index is 1.69. The van der Waals surface area contributed by atoms with Crippen LogP contribution in [0.4, 0.5) is 0 Å². The third kappa shape index (κ3) is 2.76. The van der Waals surface area contributed by atoms with Crippen LogP contribution in [0.2, 0.25) is 0 Å². The Kier molecular flexibility index (Phi) is 3.96. The van der Waals surface area contributed by atoms with Gasteiger partial charge in [0.1, 0.15) is 0 Å². The van der Waals surface area contributed by atoms with E-state index in [9.17, 15) is 0 Å². The topological polar surface area (TPSA) is 21.3 Å². The first-order valence-corrected chi connectivity index (χ1v) is 7.32. The fourth-order valence-electron chi connectivity index (χ4n) is 3.06. The summed E-state index contributed by atoms with van der Waals surface area (Å²) in [6.07, 6.45) is 6.50. The molecule has 2 heteroatoms. The number of rotatable bonds is 4. The first-order valence-electron chi connectivity index (χ1n) is 7.32. The lowest BCUT2D eigenvalue weighted by Gasteiger charge is -2.38. The molecule has 1 N–H and O–H groups in total. The summed E-state index contributed by atoms with van der Waals surface area (Å²) in [6, 6.07) is 12.2. The maximum Gasteiger partial charge on any atom is 0.0480 e. The Morgan fingerprint density at radius 1 is 1.00 bits per heavy atom. The summed E-state index contributed by atoms with van der Waals surface area (Å²) >= 11 is 0. The van der Waals surface area contributed by atoms with Gasteiger partial charge >= 0.3 is 0 Å². The van der Waals surface area contributed by atoms with Crippen molar-refractivity contribution in [2.24, 2.45) is 5.92 Å². The SMILES string of the molecule is c1ccc([C@@H](NC2CCOCC2)C2CCC2)cc1. The molecular weight excluding hydrogens is 222 g/mol. The van der Waals surface area contributed by atoms with Gasteiger partial charge in [0.25, 0.3) is 0 Å². The second kappa shape index (κ2) is 5.85. The molecular formula is C16H23NO. The quantitative estimate of drug-likeness (QED) is 0.879. The molecule has 0 amide bonds. The number of ether oxygens (including phenoxy) is 1. The van der Waals surface area contributed by atoms with E-state index in [1.54, 1.807) is 0 Å². The zero-order chi connectivity index (χ0) is 12.2. The molecule has 1 atom stereocenters. The molecule has 2 fully saturated rings. The Morgan fingerprint density at radius 2 is 1.72 bits per heavy atom. The Bertz CT molecular complexity index is 355. The smallest absolute Gasteiger partial charge is 0.0480 e. The van der Waals surface area contributed by atoms with E-state index in [-0.39, 0.29) is 0 Å². The van der Waals surface area contributed by atoms with Crippen LogP contribution in [-0.4, -0.2) is 19.3 Å². The highest BCUT2D eigenvalue weighted by Gasteiger charge is 2.30. The molecule has 1 aliphatic carbocycles. The molecule has 0 unspecified atom stereocenters. The Labute approximate surface area is 110 Å². The minimum Gasteiger partial charge on any atom is -0.381 e. The predicted molar refractivity (Wildman–Crippen MR) is 73.5 cm³/mol. The van der Waals surface area contributed by atoms with Crippen LogP contribution in [-0.2, 0) is 4.74 Å². The molecule has 0 aromatic heterocycles. The highest BCUT2D eigenvalue weighted by molar-refractivity contribution is 5.20. The van der Waals surface area contributed by atoms with E-state index in [0.29, 0.717) is 12.1 Å². The maximum absolute atomic E-state index is 5.45. The van der Waals surface area contributed by atoms with Crippen molar-refractivity contribution in [2.45, 2.75) is 44.2 Å². The molecule has 18 heavy (non-hydrogen) atoms. The second-order valence-electron chi connectivity index (χ2n) is 5.63. The van der Waals surface area contributed by atoms with E-state index in [4.69, 9.17) is 4.74 Å². The largest absolute Gasteiger partial charge is 0.381 e. The van der Waals surface area contributed by atoms with Crippen LogP contribution in [0.1, 0.15) is 43.7 Å². The first kappa shape index (κ1) is 12.2. The van der Waals surface area contributed by atoms with Gasteiger partial charge in [-0.1, -0.05) is 36.8 Å². The average Bonchev–Trinajstić information content (AvgIpc) is 2.38. The van der Waals surface area contributed by atoms with Gasteiger partial charge in [0.05, 0.1) is 0 Å². The van der Waals surface area contributed by atoms with Gasteiger partial charge in [-0.3, -0.25) is 0 Å². The molecule has 98 valence electrons. The van der Waals surface area contributed by atoms with E-state index in [1.807, 2.05) is 0 Å². The fourth-order valence-corrected chi connectivity index (χ4v) is 3.06. The Hall–Kier alpha value is -0.860. The number of hydrogen-bond acceptors (Lipinski definition) is 2. The summed E-state index contributed by atoms with van der Waals surface area (Å²) in [5.74, 6) is 0.843. The third-order valence-electron chi connectivity index (χ3n) is 4.42. The summed E-state index contributed by atoms with van der Waals surface area (Å²) in [4.78, 5) is 0. The zero-order valence-corrected chi connectivity index (χ0v) is 11.0. The average molecular weight is 245 g/mol. The first-order chi connectivity index (χ1) is 8.93. The van der Waals surface area contributed by atoms with E-state index in [1.165, 1.54) is 24.8 Å². The van der Waals surface area contributed by atoms with Crippen molar-refractivity contribution in [1.29, 1.82) is 0 Å². The standard InChI is InChI=1S/C16H23NO/c1-2-5-13(6-3-1)16(14-7-4-8-14)17-15-9-11-18-12-10-15/h1-3,5-6,14-17H,4,7-12H2/t16-/m1/s1. The van der Waals surface area contributed by atoms with Crippen LogP contribution >= 0.6 is 0 Å². The van der Waals surface area contributed by atoms with Gasteiger partial charge in [-0.25, -0.2) is 0 Å². The molecule has 1 saturated heterocycles. The van der Waals surface area contributed by atoms with E-state index < -0.39 is 0 Å². The van der Waals surface area contributed by atoms with Gasteiger partial charge in [0, 0.05) is 25.3 Å². The van der Waals surface area contributed by atoms with Crippen molar-refractivity contribution in [3.63, 3.8) is 0 Å². The molecule has 1 saturated carbocycles. The van der Waals surface area contributed by atoms with Crippen molar-refractivity contribution in [3.8, 4) is 0 Å². The highest BCUT2D eigenvalue weighted by Crippen LogP contribution is 2.38. The van der Waals surface area contributed by atoms with Crippen molar-refractivity contribution in [3.05, 3.63) is 35.9 Å². The van der Waals surface area contributed by atoms with Crippen molar-refractivity contribution in [1.82, 2.24) is 5.32 Å². The molecule has 1 heterocycles. The van der Waals surface area contributed by atoms with Gasteiger partial charge in [-0.15, -0.1) is 0 Å². The summed E-state index contributed by atoms with van der Waals surface area (Å²) in [5.41, 5.74) is 1.47. The minimum absolute atomic E-state index is 0.558. The van der Waals surface area contributed by atoms with Crippen LogP contribution in [0, 0.1) is 5.92 Å². The van der Waals surface area contributed by atoms with E-state index >= 15 is 0 Å². The minimum atomic E-state index is 0.558. The summed E-state index contributed by atoms with van der Waals surface area (Å²) in [7, 11) is 0. The van der Waals surface area contributed by atoms with Crippen LogP contribution < -0.4 is 5.32 Å². The molecule has 1 aromatic carbocycles. The van der Waals surface area contributed by atoms with Crippen molar-refractivity contribution < 1.29 is 4.74 Å². The monoisotopic (exact) mass is 245 g/mol. The summed E-state index contributed by atoms with van der Waals surface area (Å²) in [6.45, 7) is 1.84. The van der Waals surface area contributed by atoms with E-state index in [0.717, 1.165) is 32.0 Å². The van der Waals surface area contributed by atoms with Crippen LogP contribution in [0.5, 0.6) is 0 Å². The van der Waals surface area contributed by atoms with Gasteiger partial charge in [0.15, 0.2) is 0 Å². The molecule has 3 rings (SSSR count). The highest BCUT2D eigenvalue weighted by atomic mass is 16.5. The summed E-state index contributed by atoms with van der Waals surface area (Å²) in [5, 5.41) is 3.89. The van der Waals surface area contributed by atoms with Crippen LogP contribution in [0.3, 0.4) is 0 Å². The number of nitrogens with one attached hydrogen (secondary N) is 1. The molecule has 1 aliphatic heterocycles. The molecule has 2 nitrogen and oxygen atoms in total. The third-order valence-corrected chi connectivity index (χ3v) is 4.42. The van der Waals surface area contributed by atoms with Crippen LogP contribution in [0.25, 0.3) is 0 Å². The van der Waals surface area contributed by atoms with E-state index in [2.05, 4.69) is 35.6 Å². The lowest BCUT2D eigenvalue weighted by molar-refractivity contribution is 0.0686. The number of hydrogen-bond donors (Lipinski definition) is 1. The molecule has 0 bridgehead atoms. The number of benzene rings is 1. The van der Waals surface area contributed by atoms with Crippen molar-refractivity contribution in [2.75, 3.05) is 13.2 Å². The molecule has 2 aliphatic rings. The summed E-state index contributed by atoms with van der Waals surface area (Å²) < 4.78 is 5.45. The predicted octanol–water partition coefficient (Wildman–Crippen LogP) is 3.30. The Morgan fingerprint density at radius 3 is 2.33 bits per heavy atom. The maximum atomic E-state index is 5.45. The van der Waals surface area contributed by atoms with Gasteiger partial charge in [-0.05, 0) is 37.2 Å².